The van der Waals surface area contributed by atoms with E-state index in [-0.39, 0.29) is 29.2 Å². The largest absolute Gasteiger partial charge is 0.455 e. The number of amides is 1. The van der Waals surface area contributed by atoms with Crippen LogP contribution >= 0.6 is 0 Å². The number of fused-ring (bicyclic) bond motifs is 1. The average molecular weight is 323 g/mol. The first-order chi connectivity index (χ1) is 10.4. The summed E-state index contributed by atoms with van der Waals surface area (Å²) in [7, 11) is -3.18. The fourth-order valence-corrected chi connectivity index (χ4v) is 3.25. The minimum Gasteiger partial charge on any atom is -0.455 e. The average Bonchev–Trinajstić information content (AvgIpc) is 3.05. The molecular formula is C14H17N3O4S. The Labute approximate surface area is 128 Å². The van der Waals surface area contributed by atoms with E-state index in [2.05, 4.69) is 10.3 Å². The number of rotatable bonds is 4. The molecule has 3 rings (SSSR count). The van der Waals surface area contributed by atoms with Crippen LogP contribution in [0.15, 0.2) is 28.9 Å². The maximum Gasteiger partial charge on any atom is 0.287 e. The minimum absolute atomic E-state index is 0.0117. The molecule has 1 atom stereocenters. The van der Waals surface area contributed by atoms with Crippen LogP contribution in [0.5, 0.6) is 0 Å². The standard InChI is InChI=1S/C14H17N3O4S/c1-22(19,20)9-11-3-4-12(21-11)14(18)16-10-2-5-13-15-6-7-17(13)8-10/h3-4,6-7,10H,2,5,8-9H2,1H3,(H,16,18)/t10-/m0/s1. The molecule has 0 saturated carbocycles. The fraction of sp³-hybridized carbons (Fsp3) is 0.429. The lowest BCUT2D eigenvalue weighted by Crippen LogP contribution is -2.40. The van der Waals surface area contributed by atoms with Crippen LogP contribution in [0.1, 0.15) is 28.6 Å². The molecule has 0 unspecified atom stereocenters. The van der Waals surface area contributed by atoms with Crippen molar-refractivity contribution in [2.45, 2.75) is 31.2 Å². The molecule has 0 aliphatic carbocycles. The molecule has 2 aromatic heterocycles. The summed E-state index contributed by atoms with van der Waals surface area (Å²) in [6.07, 6.45) is 6.41. The third-order valence-electron chi connectivity index (χ3n) is 3.56. The number of hydrogen-bond acceptors (Lipinski definition) is 5. The summed E-state index contributed by atoms with van der Waals surface area (Å²) in [4.78, 5) is 16.4. The SMILES string of the molecule is CS(=O)(=O)Cc1ccc(C(=O)N[C@H]2CCc3nccn3C2)o1. The molecule has 7 nitrogen and oxygen atoms in total. The summed E-state index contributed by atoms with van der Waals surface area (Å²) in [6.45, 7) is 0.679. The van der Waals surface area contributed by atoms with Crippen molar-refractivity contribution in [3.63, 3.8) is 0 Å². The molecule has 0 saturated heterocycles. The third kappa shape index (κ3) is 3.38. The molecule has 1 N–H and O–H groups in total. The van der Waals surface area contributed by atoms with Gasteiger partial charge in [0.1, 0.15) is 17.3 Å². The highest BCUT2D eigenvalue weighted by atomic mass is 32.2. The van der Waals surface area contributed by atoms with Gasteiger partial charge in [-0.2, -0.15) is 0 Å². The molecule has 8 heteroatoms. The molecule has 0 aromatic carbocycles. The lowest BCUT2D eigenvalue weighted by molar-refractivity contribution is 0.0898. The van der Waals surface area contributed by atoms with Crippen LogP contribution in [0.2, 0.25) is 0 Å². The zero-order valence-electron chi connectivity index (χ0n) is 12.2. The Hall–Kier alpha value is -2.09. The summed E-state index contributed by atoms with van der Waals surface area (Å²) in [5, 5.41) is 2.91. The van der Waals surface area contributed by atoms with Crippen molar-refractivity contribution in [1.29, 1.82) is 0 Å². The van der Waals surface area contributed by atoms with Gasteiger partial charge in [0.15, 0.2) is 15.6 Å². The van der Waals surface area contributed by atoms with Crippen molar-refractivity contribution in [1.82, 2.24) is 14.9 Å². The Kier molecular flexibility index (Phi) is 3.78. The third-order valence-corrected chi connectivity index (χ3v) is 4.37. The van der Waals surface area contributed by atoms with Crippen LogP contribution < -0.4 is 5.32 Å². The molecule has 1 aliphatic heterocycles. The summed E-state index contributed by atoms with van der Waals surface area (Å²) < 4.78 is 29.8. The van der Waals surface area contributed by atoms with Crippen molar-refractivity contribution >= 4 is 15.7 Å². The number of nitrogens with zero attached hydrogens (tertiary/aromatic N) is 2. The van der Waals surface area contributed by atoms with E-state index in [9.17, 15) is 13.2 Å². The van der Waals surface area contributed by atoms with Crippen LogP contribution in [0.4, 0.5) is 0 Å². The predicted octanol–water partition coefficient (Wildman–Crippen LogP) is 0.765. The smallest absolute Gasteiger partial charge is 0.287 e. The second kappa shape index (κ2) is 5.60. The van der Waals surface area contributed by atoms with Crippen molar-refractivity contribution < 1.29 is 17.6 Å². The van der Waals surface area contributed by atoms with Crippen LogP contribution in [0.25, 0.3) is 0 Å². The Balaban J connectivity index is 1.63. The quantitative estimate of drug-likeness (QED) is 0.896. The first kappa shape index (κ1) is 14.8. The van der Waals surface area contributed by atoms with Gasteiger partial charge in [-0.15, -0.1) is 0 Å². The minimum atomic E-state index is -3.18. The highest BCUT2D eigenvalue weighted by Gasteiger charge is 2.22. The maximum absolute atomic E-state index is 12.2. The van der Waals surface area contributed by atoms with Crippen molar-refractivity contribution in [2.75, 3.05) is 6.26 Å². The van der Waals surface area contributed by atoms with Gasteiger partial charge in [0.05, 0.1) is 0 Å². The number of aryl methyl sites for hydroxylation is 1. The van der Waals surface area contributed by atoms with Gasteiger partial charge in [-0.05, 0) is 18.6 Å². The van der Waals surface area contributed by atoms with Gasteiger partial charge in [0.25, 0.3) is 5.91 Å². The van der Waals surface area contributed by atoms with E-state index in [1.807, 2.05) is 10.8 Å². The Morgan fingerprint density at radius 1 is 1.50 bits per heavy atom. The van der Waals surface area contributed by atoms with Gasteiger partial charge in [0.2, 0.25) is 0 Å². The van der Waals surface area contributed by atoms with Crippen LogP contribution in [-0.2, 0) is 28.6 Å². The van der Waals surface area contributed by atoms with Crippen molar-refractivity contribution in [3.8, 4) is 0 Å². The highest BCUT2D eigenvalue weighted by Crippen LogP contribution is 2.15. The molecule has 0 radical (unpaired) electrons. The fourth-order valence-electron chi connectivity index (χ4n) is 2.58. The van der Waals surface area contributed by atoms with E-state index >= 15 is 0 Å². The number of furan rings is 1. The Bertz CT molecular complexity index is 791. The molecule has 0 spiro atoms. The van der Waals surface area contributed by atoms with E-state index in [0.29, 0.717) is 6.54 Å². The molecule has 0 fully saturated rings. The number of aromatic nitrogens is 2. The number of carbonyl (C=O) groups is 1. The van der Waals surface area contributed by atoms with E-state index in [4.69, 9.17) is 4.42 Å². The van der Waals surface area contributed by atoms with Crippen molar-refractivity contribution in [2.24, 2.45) is 0 Å². The molecule has 118 valence electrons. The second-order valence-corrected chi connectivity index (χ2v) is 7.68. The van der Waals surface area contributed by atoms with Gasteiger partial charge >= 0.3 is 0 Å². The summed E-state index contributed by atoms with van der Waals surface area (Å²) in [5.41, 5.74) is 0. The Morgan fingerprint density at radius 3 is 3.09 bits per heavy atom. The van der Waals surface area contributed by atoms with Crippen LogP contribution in [0, 0.1) is 0 Å². The normalized spacial score (nSPS) is 18.0. The number of nitrogens with one attached hydrogen (secondary N) is 1. The first-order valence-corrected chi connectivity index (χ1v) is 9.04. The summed E-state index contributed by atoms with van der Waals surface area (Å²) in [5.74, 6) is 0.901. The predicted molar refractivity (Wildman–Crippen MR) is 79.1 cm³/mol. The molecule has 2 aromatic rings. The molecule has 0 bridgehead atoms. The van der Waals surface area contributed by atoms with Gasteiger partial charge in [-0.3, -0.25) is 4.79 Å². The highest BCUT2D eigenvalue weighted by molar-refractivity contribution is 7.89. The number of imidazole rings is 1. The number of carbonyl (C=O) groups excluding carboxylic acids is 1. The van der Waals surface area contributed by atoms with Crippen LogP contribution in [-0.4, -0.2) is 36.2 Å². The number of hydrogen-bond donors (Lipinski definition) is 1. The van der Waals surface area contributed by atoms with E-state index in [1.165, 1.54) is 12.1 Å². The molecule has 1 amide bonds. The van der Waals surface area contributed by atoms with Gasteiger partial charge in [-0.25, -0.2) is 13.4 Å². The first-order valence-electron chi connectivity index (χ1n) is 6.98. The Morgan fingerprint density at radius 2 is 2.32 bits per heavy atom. The van der Waals surface area contributed by atoms with Crippen LogP contribution in [0.3, 0.4) is 0 Å². The van der Waals surface area contributed by atoms with Gasteiger partial charge in [0, 0.05) is 37.7 Å². The van der Waals surface area contributed by atoms with E-state index < -0.39 is 9.84 Å². The lowest BCUT2D eigenvalue weighted by Gasteiger charge is -2.24. The van der Waals surface area contributed by atoms with Crippen molar-refractivity contribution in [3.05, 3.63) is 41.9 Å². The summed E-state index contributed by atoms with van der Waals surface area (Å²) >= 11 is 0. The summed E-state index contributed by atoms with van der Waals surface area (Å²) in [6, 6.07) is 3.03. The molecule has 22 heavy (non-hydrogen) atoms. The monoisotopic (exact) mass is 323 g/mol. The molecular weight excluding hydrogens is 306 g/mol. The lowest BCUT2D eigenvalue weighted by atomic mass is 10.1. The topological polar surface area (TPSA) is 94.2 Å². The van der Waals surface area contributed by atoms with Gasteiger partial charge in [-0.1, -0.05) is 0 Å². The molecule has 1 aliphatic rings. The van der Waals surface area contributed by atoms with Gasteiger partial charge < -0.3 is 14.3 Å². The zero-order chi connectivity index (χ0) is 15.7. The van der Waals surface area contributed by atoms with E-state index in [0.717, 1.165) is 24.9 Å². The zero-order valence-corrected chi connectivity index (χ0v) is 13.0. The second-order valence-electron chi connectivity index (χ2n) is 5.54. The maximum atomic E-state index is 12.2. The number of sulfone groups is 1. The molecule has 3 heterocycles. The van der Waals surface area contributed by atoms with E-state index in [1.54, 1.807) is 6.20 Å².